The van der Waals surface area contributed by atoms with E-state index in [1.54, 1.807) is 0 Å². The summed E-state index contributed by atoms with van der Waals surface area (Å²) in [7, 11) is 0. The molecule has 0 bridgehead atoms. The summed E-state index contributed by atoms with van der Waals surface area (Å²) < 4.78 is 5.67. The highest BCUT2D eigenvalue weighted by atomic mass is 16.5. The number of hydrogen-bond donors (Lipinski definition) is 1. The van der Waals surface area contributed by atoms with E-state index < -0.39 is 0 Å². The molecule has 106 valence electrons. The van der Waals surface area contributed by atoms with Crippen molar-refractivity contribution in [3.8, 4) is 0 Å². The van der Waals surface area contributed by atoms with Gasteiger partial charge in [-0.3, -0.25) is 0 Å². The van der Waals surface area contributed by atoms with Gasteiger partial charge in [0, 0.05) is 25.7 Å². The highest BCUT2D eigenvalue weighted by Gasteiger charge is 2.19. The van der Waals surface area contributed by atoms with E-state index in [0.29, 0.717) is 6.10 Å². The van der Waals surface area contributed by atoms with Crippen molar-refractivity contribution in [1.29, 1.82) is 0 Å². The SMILES string of the molecule is CC1CN(CCCCCCNC2CC2)CCCO1. The van der Waals surface area contributed by atoms with E-state index in [-0.39, 0.29) is 0 Å². The normalized spacial score (nSPS) is 26.2. The average molecular weight is 254 g/mol. The molecule has 0 amide bonds. The lowest BCUT2D eigenvalue weighted by molar-refractivity contribution is 0.0675. The minimum Gasteiger partial charge on any atom is -0.377 e. The number of hydrogen-bond acceptors (Lipinski definition) is 3. The van der Waals surface area contributed by atoms with E-state index in [1.807, 2.05) is 0 Å². The van der Waals surface area contributed by atoms with E-state index in [1.165, 1.54) is 64.6 Å². The number of ether oxygens (including phenoxy) is 1. The van der Waals surface area contributed by atoms with Gasteiger partial charge in [0.05, 0.1) is 6.10 Å². The molecule has 2 aliphatic rings. The highest BCUT2D eigenvalue weighted by molar-refractivity contribution is 4.80. The fourth-order valence-electron chi connectivity index (χ4n) is 2.69. The van der Waals surface area contributed by atoms with Crippen LogP contribution in [0.2, 0.25) is 0 Å². The number of unbranched alkanes of at least 4 members (excludes halogenated alkanes) is 3. The van der Waals surface area contributed by atoms with Gasteiger partial charge in [0.2, 0.25) is 0 Å². The molecule has 0 aromatic rings. The first-order chi connectivity index (χ1) is 8.84. The molecule has 1 aliphatic carbocycles. The Labute approximate surface area is 112 Å². The lowest BCUT2D eigenvalue weighted by Crippen LogP contribution is -2.31. The van der Waals surface area contributed by atoms with Crippen LogP contribution in [0.3, 0.4) is 0 Å². The maximum atomic E-state index is 5.67. The first-order valence-electron chi connectivity index (χ1n) is 7.92. The Morgan fingerprint density at radius 2 is 2.00 bits per heavy atom. The maximum Gasteiger partial charge on any atom is 0.0673 e. The van der Waals surface area contributed by atoms with Crippen LogP contribution in [0.1, 0.15) is 51.9 Å². The van der Waals surface area contributed by atoms with Crippen LogP contribution in [0.5, 0.6) is 0 Å². The van der Waals surface area contributed by atoms with Crippen LogP contribution in [0.25, 0.3) is 0 Å². The number of rotatable bonds is 8. The van der Waals surface area contributed by atoms with Crippen LogP contribution in [0.15, 0.2) is 0 Å². The second-order valence-corrected chi connectivity index (χ2v) is 5.98. The first-order valence-corrected chi connectivity index (χ1v) is 7.92. The quantitative estimate of drug-likeness (QED) is 0.673. The predicted octanol–water partition coefficient (Wildman–Crippen LogP) is 2.41. The van der Waals surface area contributed by atoms with Crippen molar-refractivity contribution in [2.45, 2.75) is 64.0 Å². The third kappa shape index (κ3) is 6.17. The van der Waals surface area contributed by atoms with Crippen LogP contribution in [-0.2, 0) is 4.74 Å². The van der Waals surface area contributed by atoms with E-state index in [9.17, 15) is 0 Å². The Hall–Kier alpha value is -0.120. The molecule has 2 fully saturated rings. The van der Waals surface area contributed by atoms with Gasteiger partial charge in [0.15, 0.2) is 0 Å². The Bertz CT molecular complexity index is 219. The molecule has 0 aromatic heterocycles. The summed E-state index contributed by atoms with van der Waals surface area (Å²) in [6, 6.07) is 0.878. The van der Waals surface area contributed by atoms with Crippen molar-refractivity contribution in [1.82, 2.24) is 10.2 Å². The van der Waals surface area contributed by atoms with Crippen LogP contribution < -0.4 is 5.32 Å². The summed E-state index contributed by atoms with van der Waals surface area (Å²) in [5, 5.41) is 3.58. The standard InChI is InChI=1S/C15H30N2O/c1-14-13-17(11-6-12-18-14)10-5-3-2-4-9-16-15-7-8-15/h14-16H,2-13H2,1H3. The Morgan fingerprint density at radius 1 is 1.17 bits per heavy atom. The molecular formula is C15H30N2O. The van der Waals surface area contributed by atoms with Crippen molar-refractivity contribution in [3.63, 3.8) is 0 Å². The summed E-state index contributed by atoms with van der Waals surface area (Å²) in [4.78, 5) is 2.58. The molecule has 1 heterocycles. The predicted molar refractivity (Wildman–Crippen MR) is 76.0 cm³/mol. The van der Waals surface area contributed by atoms with Crippen LogP contribution >= 0.6 is 0 Å². The first kappa shape index (κ1) is 14.3. The molecule has 0 radical (unpaired) electrons. The Kier molecular flexibility index (Phi) is 6.46. The molecule has 18 heavy (non-hydrogen) atoms. The van der Waals surface area contributed by atoms with Gasteiger partial charge in [-0.25, -0.2) is 0 Å². The molecule has 3 heteroatoms. The number of nitrogens with zero attached hydrogens (tertiary/aromatic N) is 1. The molecule has 1 atom stereocenters. The number of nitrogens with one attached hydrogen (secondary N) is 1. The zero-order valence-electron chi connectivity index (χ0n) is 12.0. The fourth-order valence-corrected chi connectivity index (χ4v) is 2.69. The second-order valence-electron chi connectivity index (χ2n) is 5.98. The molecule has 1 saturated carbocycles. The Morgan fingerprint density at radius 3 is 2.83 bits per heavy atom. The minimum atomic E-state index is 0.426. The molecule has 1 saturated heterocycles. The van der Waals surface area contributed by atoms with E-state index in [4.69, 9.17) is 4.74 Å². The van der Waals surface area contributed by atoms with Crippen LogP contribution in [0.4, 0.5) is 0 Å². The van der Waals surface area contributed by atoms with E-state index >= 15 is 0 Å². The van der Waals surface area contributed by atoms with Gasteiger partial charge < -0.3 is 15.0 Å². The summed E-state index contributed by atoms with van der Waals surface area (Å²) in [5.74, 6) is 0. The van der Waals surface area contributed by atoms with Crippen molar-refractivity contribution >= 4 is 0 Å². The molecule has 0 spiro atoms. The summed E-state index contributed by atoms with van der Waals surface area (Å²) in [5.41, 5.74) is 0. The van der Waals surface area contributed by atoms with Gasteiger partial charge in [-0.15, -0.1) is 0 Å². The molecule has 1 aliphatic heterocycles. The summed E-state index contributed by atoms with van der Waals surface area (Å²) in [6.07, 6.45) is 9.94. The molecular weight excluding hydrogens is 224 g/mol. The summed E-state index contributed by atoms with van der Waals surface area (Å²) >= 11 is 0. The monoisotopic (exact) mass is 254 g/mol. The fraction of sp³-hybridized carbons (Fsp3) is 1.00. The smallest absolute Gasteiger partial charge is 0.0673 e. The van der Waals surface area contributed by atoms with Gasteiger partial charge in [-0.05, 0) is 52.1 Å². The van der Waals surface area contributed by atoms with Crippen LogP contribution in [-0.4, -0.2) is 49.8 Å². The van der Waals surface area contributed by atoms with E-state index in [2.05, 4.69) is 17.1 Å². The molecule has 3 nitrogen and oxygen atoms in total. The van der Waals surface area contributed by atoms with Gasteiger partial charge >= 0.3 is 0 Å². The topological polar surface area (TPSA) is 24.5 Å². The van der Waals surface area contributed by atoms with Crippen molar-refractivity contribution in [2.24, 2.45) is 0 Å². The van der Waals surface area contributed by atoms with E-state index in [0.717, 1.165) is 19.2 Å². The maximum absolute atomic E-state index is 5.67. The average Bonchev–Trinajstić information content (AvgIpc) is 3.16. The van der Waals surface area contributed by atoms with Crippen LogP contribution in [0, 0.1) is 0 Å². The minimum absolute atomic E-state index is 0.426. The van der Waals surface area contributed by atoms with Crippen molar-refractivity contribution in [2.75, 3.05) is 32.8 Å². The largest absolute Gasteiger partial charge is 0.377 e. The van der Waals surface area contributed by atoms with Crippen molar-refractivity contribution < 1.29 is 4.74 Å². The zero-order valence-corrected chi connectivity index (χ0v) is 12.0. The summed E-state index contributed by atoms with van der Waals surface area (Å²) in [6.45, 7) is 8.01. The lowest BCUT2D eigenvalue weighted by atomic mass is 10.2. The molecule has 1 N–H and O–H groups in total. The third-order valence-electron chi connectivity index (χ3n) is 3.95. The molecule has 1 unspecified atom stereocenters. The second kappa shape index (κ2) is 8.13. The van der Waals surface area contributed by atoms with Crippen molar-refractivity contribution in [3.05, 3.63) is 0 Å². The molecule has 0 aromatic carbocycles. The van der Waals surface area contributed by atoms with Gasteiger partial charge in [0.1, 0.15) is 0 Å². The molecule has 2 rings (SSSR count). The Balaban J connectivity index is 1.41. The van der Waals surface area contributed by atoms with Gasteiger partial charge in [-0.2, -0.15) is 0 Å². The zero-order chi connectivity index (χ0) is 12.6. The van der Waals surface area contributed by atoms with Gasteiger partial charge in [0.25, 0.3) is 0 Å². The lowest BCUT2D eigenvalue weighted by Gasteiger charge is -2.21. The third-order valence-corrected chi connectivity index (χ3v) is 3.95. The van der Waals surface area contributed by atoms with Gasteiger partial charge in [-0.1, -0.05) is 12.8 Å². The highest BCUT2D eigenvalue weighted by Crippen LogP contribution is 2.18.